The summed E-state index contributed by atoms with van der Waals surface area (Å²) < 4.78 is 32.4. The maximum absolute atomic E-state index is 13.5. The minimum Gasteiger partial charge on any atom is -0.490 e. The van der Waals surface area contributed by atoms with Crippen molar-refractivity contribution in [2.75, 3.05) is 6.61 Å². The van der Waals surface area contributed by atoms with Crippen molar-refractivity contribution in [2.24, 2.45) is 0 Å². The molecule has 1 aromatic carbocycles. The zero-order chi connectivity index (χ0) is 14.8. The molecule has 0 amide bonds. The van der Waals surface area contributed by atoms with Crippen molar-refractivity contribution in [3.63, 3.8) is 0 Å². The van der Waals surface area contributed by atoms with E-state index in [1.54, 1.807) is 22.6 Å². The molecule has 1 nitrogen and oxygen atoms in total. The van der Waals surface area contributed by atoms with Crippen LogP contribution in [0.4, 0.5) is 8.78 Å². The maximum Gasteiger partial charge on any atom is 0.201 e. The number of halogens is 3. The van der Waals surface area contributed by atoms with Crippen molar-refractivity contribution in [1.82, 2.24) is 0 Å². The van der Waals surface area contributed by atoms with Crippen LogP contribution in [0.5, 0.6) is 5.75 Å². The Morgan fingerprint density at radius 1 is 0.900 bits per heavy atom. The molecule has 0 aliphatic carbocycles. The van der Waals surface area contributed by atoms with Gasteiger partial charge in [0.1, 0.15) is 0 Å². The Balaban J connectivity index is 2.11. The number of hydrogen-bond donors (Lipinski definition) is 0. The SMILES string of the molecule is CCCCCCCCCCOc1ccc(I)c(F)c1F. The van der Waals surface area contributed by atoms with E-state index in [-0.39, 0.29) is 9.32 Å². The van der Waals surface area contributed by atoms with E-state index in [9.17, 15) is 8.78 Å². The Hall–Kier alpha value is -0.390. The van der Waals surface area contributed by atoms with Crippen LogP contribution in [0.15, 0.2) is 12.1 Å². The Labute approximate surface area is 134 Å². The first-order valence-electron chi connectivity index (χ1n) is 7.43. The lowest BCUT2D eigenvalue weighted by atomic mass is 10.1. The Morgan fingerprint density at radius 3 is 2.15 bits per heavy atom. The van der Waals surface area contributed by atoms with Crippen LogP contribution in [0, 0.1) is 15.2 Å². The number of unbranched alkanes of at least 4 members (excludes halogenated alkanes) is 7. The second-order valence-electron chi connectivity index (χ2n) is 5.00. The minimum absolute atomic E-state index is 0.0193. The average Bonchev–Trinajstić information content (AvgIpc) is 2.45. The van der Waals surface area contributed by atoms with Gasteiger partial charge in [0.15, 0.2) is 11.6 Å². The van der Waals surface area contributed by atoms with Gasteiger partial charge in [0.05, 0.1) is 10.2 Å². The predicted octanol–water partition coefficient (Wildman–Crippen LogP) is 6.09. The van der Waals surface area contributed by atoms with Crippen LogP contribution in [0.2, 0.25) is 0 Å². The van der Waals surface area contributed by atoms with E-state index >= 15 is 0 Å². The molecule has 0 radical (unpaired) electrons. The summed E-state index contributed by atoms with van der Waals surface area (Å²) in [5.74, 6) is -1.68. The van der Waals surface area contributed by atoms with E-state index in [0.717, 1.165) is 12.8 Å². The summed E-state index contributed by atoms with van der Waals surface area (Å²) in [6.45, 7) is 2.66. The molecule has 1 rings (SSSR count). The fourth-order valence-corrected chi connectivity index (χ4v) is 2.45. The second kappa shape index (κ2) is 10.4. The fourth-order valence-electron chi connectivity index (χ4n) is 2.04. The highest BCUT2D eigenvalue weighted by Crippen LogP contribution is 2.23. The van der Waals surface area contributed by atoms with E-state index in [2.05, 4.69) is 6.92 Å². The van der Waals surface area contributed by atoms with Crippen LogP contribution in [0.3, 0.4) is 0 Å². The van der Waals surface area contributed by atoms with Crippen LogP contribution >= 0.6 is 22.6 Å². The lowest BCUT2D eigenvalue weighted by Gasteiger charge is -2.08. The number of benzene rings is 1. The Kier molecular flexibility index (Phi) is 9.14. The van der Waals surface area contributed by atoms with Gasteiger partial charge in [-0.25, -0.2) is 4.39 Å². The van der Waals surface area contributed by atoms with Crippen LogP contribution in [-0.4, -0.2) is 6.61 Å². The molecule has 0 bridgehead atoms. The molecular formula is C16H23F2IO. The van der Waals surface area contributed by atoms with Gasteiger partial charge in [-0.15, -0.1) is 0 Å². The fraction of sp³-hybridized carbons (Fsp3) is 0.625. The van der Waals surface area contributed by atoms with Crippen LogP contribution in [0.1, 0.15) is 58.3 Å². The molecule has 0 aromatic heterocycles. The summed E-state index contributed by atoms with van der Waals surface area (Å²) in [5, 5.41) is 0. The Morgan fingerprint density at radius 2 is 1.50 bits per heavy atom. The van der Waals surface area contributed by atoms with Crippen LogP contribution < -0.4 is 4.74 Å². The van der Waals surface area contributed by atoms with E-state index in [1.165, 1.54) is 50.7 Å². The van der Waals surface area contributed by atoms with E-state index in [0.29, 0.717) is 6.61 Å². The minimum atomic E-state index is -0.878. The summed E-state index contributed by atoms with van der Waals surface area (Å²) >= 11 is 1.77. The second-order valence-corrected chi connectivity index (χ2v) is 6.16. The lowest BCUT2D eigenvalue weighted by Crippen LogP contribution is -2.01. The number of hydrogen-bond acceptors (Lipinski definition) is 1. The largest absolute Gasteiger partial charge is 0.490 e. The third-order valence-electron chi connectivity index (χ3n) is 3.26. The first-order chi connectivity index (χ1) is 9.66. The molecule has 0 saturated heterocycles. The molecular weight excluding hydrogens is 373 g/mol. The van der Waals surface area contributed by atoms with Gasteiger partial charge in [-0.3, -0.25) is 0 Å². The van der Waals surface area contributed by atoms with Gasteiger partial charge in [-0.05, 0) is 41.1 Å². The van der Waals surface area contributed by atoms with Gasteiger partial charge in [-0.2, -0.15) is 4.39 Å². The molecule has 0 unspecified atom stereocenters. The number of rotatable bonds is 10. The summed E-state index contributed by atoms with van der Waals surface area (Å²) in [5.41, 5.74) is 0. The molecule has 20 heavy (non-hydrogen) atoms. The van der Waals surface area contributed by atoms with Gasteiger partial charge in [0, 0.05) is 0 Å². The zero-order valence-electron chi connectivity index (χ0n) is 12.1. The highest BCUT2D eigenvalue weighted by atomic mass is 127. The molecule has 114 valence electrons. The van der Waals surface area contributed by atoms with Gasteiger partial charge in [-0.1, -0.05) is 51.9 Å². The Bertz CT molecular complexity index is 396. The van der Waals surface area contributed by atoms with E-state index < -0.39 is 11.6 Å². The summed E-state index contributed by atoms with van der Waals surface area (Å²) in [6.07, 6.45) is 9.63. The van der Waals surface area contributed by atoms with Gasteiger partial charge < -0.3 is 4.74 Å². The molecule has 0 atom stereocenters. The van der Waals surface area contributed by atoms with Crippen LogP contribution in [0.25, 0.3) is 0 Å². The molecule has 0 aliphatic heterocycles. The highest BCUT2D eigenvalue weighted by molar-refractivity contribution is 14.1. The third-order valence-corrected chi connectivity index (χ3v) is 4.09. The summed E-state index contributed by atoms with van der Waals surface area (Å²) in [6, 6.07) is 3.02. The summed E-state index contributed by atoms with van der Waals surface area (Å²) in [7, 11) is 0. The summed E-state index contributed by atoms with van der Waals surface area (Å²) in [4.78, 5) is 0. The molecule has 0 aliphatic rings. The standard InChI is InChI=1S/C16H23F2IO/c1-2-3-4-5-6-7-8-9-12-20-14-11-10-13(19)15(17)16(14)18/h10-11H,2-9,12H2,1H3. The van der Waals surface area contributed by atoms with E-state index in [1.807, 2.05) is 0 Å². The molecule has 0 spiro atoms. The van der Waals surface area contributed by atoms with Gasteiger partial charge in [0.2, 0.25) is 5.82 Å². The van der Waals surface area contributed by atoms with Crippen molar-refractivity contribution in [3.05, 3.63) is 27.3 Å². The van der Waals surface area contributed by atoms with Crippen molar-refractivity contribution in [1.29, 1.82) is 0 Å². The predicted molar refractivity (Wildman–Crippen MR) is 87.2 cm³/mol. The topological polar surface area (TPSA) is 9.23 Å². The van der Waals surface area contributed by atoms with Crippen molar-refractivity contribution < 1.29 is 13.5 Å². The van der Waals surface area contributed by atoms with Crippen molar-refractivity contribution in [3.8, 4) is 5.75 Å². The zero-order valence-corrected chi connectivity index (χ0v) is 14.2. The van der Waals surface area contributed by atoms with Crippen LogP contribution in [-0.2, 0) is 0 Å². The average molecular weight is 396 g/mol. The first kappa shape index (κ1) is 17.7. The maximum atomic E-state index is 13.5. The van der Waals surface area contributed by atoms with Gasteiger partial charge >= 0.3 is 0 Å². The monoisotopic (exact) mass is 396 g/mol. The highest BCUT2D eigenvalue weighted by Gasteiger charge is 2.12. The van der Waals surface area contributed by atoms with Gasteiger partial charge in [0.25, 0.3) is 0 Å². The first-order valence-corrected chi connectivity index (χ1v) is 8.51. The number of ether oxygens (including phenoxy) is 1. The smallest absolute Gasteiger partial charge is 0.201 e. The van der Waals surface area contributed by atoms with E-state index in [4.69, 9.17) is 4.74 Å². The quantitative estimate of drug-likeness (QED) is 0.264. The third kappa shape index (κ3) is 6.37. The normalized spacial score (nSPS) is 10.8. The lowest BCUT2D eigenvalue weighted by molar-refractivity contribution is 0.284. The molecule has 0 fully saturated rings. The van der Waals surface area contributed by atoms with Crippen molar-refractivity contribution in [2.45, 2.75) is 58.3 Å². The molecule has 0 heterocycles. The molecule has 4 heteroatoms. The molecule has 0 saturated carbocycles. The van der Waals surface area contributed by atoms with Crippen molar-refractivity contribution >= 4 is 22.6 Å². The molecule has 0 N–H and O–H groups in total. The molecule has 1 aromatic rings.